The molecule has 0 radical (unpaired) electrons. The first kappa shape index (κ1) is 17.8. The highest BCUT2D eigenvalue weighted by molar-refractivity contribution is 5.85. The van der Waals surface area contributed by atoms with Crippen molar-refractivity contribution in [2.75, 3.05) is 6.54 Å². The molecule has 1 unspecified atom stereocenters. The van der Waals surface area contributed by atoms with E-state index in [1.54, 1.807) is 0 Å². The van der Waals surface area contributed by atoms with Gasteiger partial charge in [-0.25, -0.2) is 0 Å². The Morgan fingerprint density at radius 2 is 2.05 bits per heavy atom. The van der Waals surface area contributed by atoms with Gasteiger partial charge in [0.05, 0.1) is 12.5 Å². The van der Waals surface area contributed by atoms with Crippen LogP contribution in [0.3, 0.4) is 0 Å². The number of carbonyl (C=O) groups is 1. The molecule has 1 aromatic carbocycles. The molecule has 1 aliphatic rings. The maximum atomic E-state index is 12.1. The van der Waals surface area contributed by atoms with E-state index in [2.05, 4.69) is 5.32 Å². The molecule has 1 atom stereocenters. The Bertz CT molecular complexity index is 461. The van der Waals surface area contributed by atoms with Gasteiger partial charge < -0.3 is 15.8 Å². The van der Waals surface area contributed by atoms with Crippen molar-refractivity contribution >= 4 is 18.3 Å². The maximum Gasteiger partial charge on any atom is 0.224 e. The Balaban J connectivity index is 0.00000220. The molecule has 118 valence electrons. The number of ether oxygens (including phenoxy) is 1. The molecule has 2 rings (SSSR count). The average Bonchev–Trinajstić information content (AvgIpc) is 3.22. The molecule has 4 nitrogen and oxygen atoms in total. The summed E-state index contributed by atoms with van der Waals surface area (Å²) >= 11 is 0. The molecule has 1 aromatic rings. The molecule has 0 spiro atoms. The largest absolute Gasteiger partial charge is 0.491 e. The van der Waals surface area contributed by atoms with Gasteiger partial charge in [0.1, 0.15) is 5.75 Å². The molecule has 0 bridgehead atoms. The van der Waals surface area contributed by atoms with Crippen LogP contribution in [-0.2, 0) is 11.2 Å². The van der Waals surface area contributed by atoms with Gasteiger partial charge in [0, 0.05) is 18.2 Å². The Morgan fingerprint density at radius 1 is 1.38 bits per heavy atom. The highest BCUT2D eigenvalue weighted by Crippen LogP contribution is 2.32. The summed E-state index contributed by atoms with van der Waals surface area (Å²) in [6, 6.07) is 7.82. The van der Waals surface area contributed by atoms with Crippen LogP contribution in [0.15, 0.2) is 24.3 Å². The van der Waals surface area contributed by atoms with E-state index in [1.165, 1.54) is 12.8 Å². The number of para-hydroxylation sites is 1. The van der Waals surface area contributed by atoms with Crippen LogP contribution in [0, 0.1) is 5.92 Å². The van der Waals surface area contributed by atoms with E-state index in [9.17, 15) is 4.79 Å². The number of hydrogen-bond donors (Lipinski definition) is 2. The van der Waals surface area contributed by atoms with E-state index in [0.717, 1.165) is 11.3 Å². The second-order valence-electron chi connectivity index (χ2n) is 5.70. The van der Waals surface area contributed by atoms with Crippen molar-refractivity contribution < 1.29 is 9.53 Å². The molecule has 1 amide bonds. The van der Waals surface area contributed by atoms with E-state index in [1.807, 2.05) is 38.1 Å². The lowest BCUT2D eigenvalue weighted by atomic mass is 10.1. The van der Waals surface area contributed by atoms with E-state index >= 15 is 0 Å². The van der Waals surface area contributed by atoms with Gasteiger partial charge in [0.2, 0.25) is 5.91 Å². The summed E-state index contributed by atoms with van der Waals surface area (Å²) in [7, 11) is 0. The van der Waals surface area contributed by atoms with Crippen molar-refractivity contribution in [2.24, 2.45) is 11.7 Å². The summed E-state index contributed by atoms with van der Waals surface area (Å²) in [6.07, 6.45) is 2.79. The number of rotatable bonds is 7. The number of halogens is 1. The van der Waals surface area contributed by atoms with E-state index < -0.39 is 0 Å². The number of carbonyl (C=O) groups excluding carboxylic acids is 1. The van der Waals surface area contributed by atoms with Gasteiger partial charge in [-0.15, -0.1) is 12.4 Å². The molecule has 0 aliphatic heterocycles. The van der Waals surface area contributed by atoms with Gasteiger partial charge in [-0.1, -0.05) is 18.2 Å². The summed E-state index contributed by atoms with van der Waals surface area (Å²) in [4.78, 5) is 12.1. The van der Waals surface area contributed by atoms with Gasteiger partial charge in [-0.05, 0) is 38.7 Å². The SMILES string of the molecule is CC(C)Oc1ccccc1CC(=O)NC(CN)C1CC1.Cl. The van der Waals surface area contributed by atoms with Crippen molar-refractivity contribution in [3.05, 3.63) is 29.8 Å². The summed E-state index contributed by atoms with van der Waals surface area (Å²) in [5.74, 6) is 1.38. The Morgan fingerprint density at radius 3 is 2.62 bits per heavy atom. The number of hydrogen-bond acceptors (Lipinski definition) is 3. The van der Waals surface area contributed by atoms with Crippen LogP contribution in [0.4, 0.5) is 0 Å². The lowest BCUT2D eigenvalue weighted by Gasteiger charge is -2.17. The zero-order valence-electron chi connectivity index (χ0n) is 12.7. The number of nitrogens with two attached hydrogens (primary N) is 1. The monoisotopic (exact) mass is 312 g/mol. The fourth-order valence-electron chi connectivity index (χ4n) is 2.32. The molecule has 1 saturated carbocycles. The predicted octanol–water partition coefficient (Wildman–Crippen LogP) is 2.29. The lowest BCUT2D eigenvalue weighted by molar-refractivity contribution is -0.121. The third-order valence-electron chi connectivity index (χ3n) is 3.48. The Labute approximate surface area is 132 Å². The minimum atomic E-state index is 0. The van der Waals surface area contributed by atoms with Crippen LogP contribution in [0.2, 0.25) is 0 Å². The number of benzene rings is 1. The number of nitrogens with one attached hydrogen (secondary N) is 1. The standard InChI is InChI=1S/C16H24N2O2.ClH/c1-11(2)20-15-6-4-3-5-13(15)9-16(19)18-14(10-17)12-7-8-12;/h3-6,11-12,14H,7-10,17H2,1-2H3,(H,18,19);1H. The van der Waals surface area contributed by atoms with Crippen LogP contribution in [0.25, 0.3) is 0 Å². The minimum absolute atomic E-state index is 0. The van der Waals surface area contributed by atoms with Crippen molar-refractivity contribution in [3.8, 4) is 5.75 Å². The summed E-state index contributed by atoms with van der Waals surface area (Å²) in [5, 5.41) is 3.04. The van der Waals surface area contributed by atoms with E-state index in [0.29, 0.717) is 18.9 Å². The highest BCUT2D eigenvalue weighted by Gasteiger charge is 2.31. The van der Waals surface area contributed by atoms with Gasteiger partial charge >= 0.3 is 0 Å². The molecule has 0 saturated heterocycles. The zero-order chi connectivity index (χ0) is 14.5. The molecule has 1 aliphatic carbocycles. The third kappa shape index (κ3) is 5.56. The normalized spacial score (nSPS) is 15.2. The van der Waals surface area contributed by atoms with Crippen LogP contribution in [-0.4, -0.2) is 24.6 Å². The van der Waals surface area contributed by atoms with Crippen molar-refractivity contribution in [1.82, 2.24) is 5.32 Å². The Kier molecular flexibility index (Phi) is 6.99. The van der Waals surface area contributed by atoms with Gasteiger partial charge in [-0.3, -0.25) is 4.79 Å². The van der Waals surface area contributed by atoms with Crippen molar-refractivity contribution in [2.45, 2.75) is 45.3 Å². The number of amides is 1. The van der Waals surface area contributed by atoms with Crippen LogP contribution in [0.1, 0.15) is 32.3 Å². The molecular formula is C16H25ClN2O2. The highest BCUT2D eigenvalue weighted by atomic mass is 35.5. The quantitative estimate of drug-likeness (QED) is 0.812. The first-order chi connectivity index (χ1) is 9.60. The van der Waals surface area contributed by atoms with Crippen LogP contribution < -0.4 is 15.8 Å². The maximum absolute atomic E-state index is 12.1. The van der Waals surface area contributed by atoms with Gasteiger partial charge in [0.15, 0.2) is 0 Å². The second kappa shape index (κ2) is 8.25. The fraction of sp³-hybridized carbons (Fsp3) is 0.562. The van der Waals surface area contributed by atoms with Gasteiger partial charge in [-0.2, -0.15) is 0 Å². The third-order valence-corrected chi connectivity index (χ3v) is 3.48. The summed E-state index contributed by atoms with van der Waals surface area (Å²) in [6.45, 7) is 4.48. The topological polar surface area (TPSA) is 64.3 Å². The van der Waals surface area contributed by atoms with Crippen molar-refractivity contribution in [3.63, 3.8) is 0 Å². The molecule has 0 heterocycles. The summed E-state index contributed by atoms with van der Waals surface area (Å²) in [5.41, 5.74) is 6.63. The minimum Gasteiger partial charge on any atom is -0.491 e. The second-order valence-corrected chi connectivity index (χ2v) is 5.70. The molecular weight excluding hydrogens is 288 g/mol. The Hall–Kier alpha value is -1.26. The van der Waals surface area contributed by atoms with Crippen LogP contribution >= 0.6 is 12.4 Å². The lowest BCUT2D eigenvalue weighted by Crippen LogP contribution is -2.42. The molecule has 21 heavy (non-hydrogen) atoms. The van der Waals surface area contributed by atoms with Crippen LogP contribution in [0.5, 0.6) is 5.75 Å². The average molecular weight is 313 g/mol. The molecule has 3 N–H and O–H groups in total. The van der Waals surface area contributed by atoms with E-state index in [-0.39, 0.29) is 30.5 Å². The van der Waals surface area contributed by atoms with Crippen molar-refractivity contribution in [1.29, 1.82) is 0 Å². The molecule has 5 heteroatoms. The first-order valence-electron chi connectivity index (χ1n) is 7.34. The smallest absolute Gasteiger partial charge is 0.224 e. The van der Waals surface area contributed by atoms with Gasteiger partial charge in [0.25, 0.3) is 0 Å². The predicted molar refractivity (Wildman–Crippen MR) is 86.9 cm³/mol. The molecule has 1 fully saturated rings. The zero-order valence-corrected chi connectivity index (χ0v) is 13.5. The van der Waals surface area contributed by atoms with E-state index in [4.69, 9.17) is 10.5 Å². The fourth-order valence-corrected chi connectivity index (χ4v) is 2.32. The molecule has 0 aromatic heterocycles. The first-order valence-corrected chi connectivity index (χ1v) is 7.34. The summed E-state index contributed by atoms with van der Waals surface area (Å²) < 4.78 is 5.73.